The Morgan fingerprint density at radius 3 is 2.57 bits per heavy atom. The van der Waals surface area contributed by atoms with Gasteiger partial charge in [-0.1, -0.05) is 32.6 Å². The molecule has 0 atom stereocenters. The van der Waals surface area contributed by atoms with Crippen molar-refractivity contribution in [1.29, 1.82) is 0 Å². The van der Waals surface area contributed by atoms with Crippen molar-refractivity contribution in [3.63, 3.8) is 0 Å². The molecule has 1 aliphatic carbocycles. The normalized spacial score (nSPS) is 15.6. The fourth-order valence-corrected chi connectivity index (χ4v) is 4.40. The Morgan fingerprint density at radius 1 is 1.21 bits per heavy atom. The number of unbranched alkanes of at least 4 members (excludes halogenated alkanes) is 2. The molecule has 1 saturated carbocycles. The maximum absolute atomic E-state index is 12.4. The molecule has 1 fully saturated rings. The van der Waals surface area contributed by atoms with Crippen LogP contribution < -0.4 is 5.73 Å². The number of benzene rings is 1. The zero-order valence-electron chi connectivity index (χ0n) is 17.1. The van der Waals surface area contributed by atoms with Crippen molar-refractivity contribution in [3.05, 3.63) is 27.7 Å². The molecule has 2 rings (SSSR count). The van der Waals surface area contributed by atoms with Crippen LogP contribution in [0.2, 0.25) is 0 Å². The van der Waals surface area contributed by atoms with Crippen molar-refractivity contribution in [2.45, 2.75) is 77.3 Å². The second kappa shape index (κ2) is 12.5. The Hall–Kier alpha value is -1.11. The Labute approximate surface area is 177 Å². The Bertz CT molecular complexity index is 616. The highest BCUT2D eigenvalue weighted by molar-refractivity contribution is 9.10. The highest BCUT2D eigenvalue weighted by Gasteiger charge is 2.21. The third kappa shape index (κ3) is 7.05. The lowest BCUT2D eigenvalue weighted by Crippen LogP contribution is -2.34. The first-order valence-corrected chi connectivity index (χ1v) is 11.5. The fourth-order valence-electron chi connectivity index (χ4n) is 3.90. The van der Waals surface area contributed by atoms with E-state index >= 15 is 0 Å². The van der Waals surface area contributed by atoms with Gasteiger partial charge in [0.1, 0.15) is 0 Å². The first kappa shape index (κ1) is 23.2. The molecular weight excluding hydrogens is 420 g/mol. The minimum Gasteiger partial charge on any atom is -0.462 e. The molecule has 5 nitrogen and oxygen atoms in total. The molecular formula is C22H35BrN2O3. The van der Waals surface area contributed by atoms with E-state index in [1.807, 2.05) is 6.07 Å². The molecule has 0 saturated heterocycles. The first-order chi connectivity index (χ1) is 13.6. The van der Waals surface area contributed by atoms with Crippen LogP contribution in [0.3, 0.4) is 0 Å². The summed E-state index contributed by atoms with van der Waals surface area (Å²) >= 11 is 3.51. The molecule has 0 unspecified atom stereocenters. The van der Waals surface area contributed by atoms with E-state index < -0.39 is 0 Å². The van der Waals surface area contributed by atoms with E-state index in [1.54, 1.807) is 6.07 Å². The van der Waals surface area contributed by atoms with Gasteiger partial charge in [0.2, 0.25) is 0 Å². The molecule has 1 aliphatic rings. The summed E-state index contributed by atoms with van der Waals surface area (Å²) in [6.45, 7) is 4.47. The molecule has 0 heterocycles. The minimum atomic E-state index is -0.316. The number of aliphatic hydroxyl groups excluding tert-OH is 1. The molecule has 158 valence electrons. The van der Waals surface area contributed by atoms with Crippen LogP contribution in [0.5, 0.6) is 0 Å². The standard InChI is InChI=1S/C22H35BrN2O3/c1-2-25(19-10-6-3-4-7-11-19)16-18-14-17(15-20(23)21(18)24)22(27)28-13-9-5-8-12-26/h14-15,19,26H,2-13,16,24H2,1H3. The summed E-state index contributed by atoms with van der Waals surface area (Å²) in [5.41, 5.74) is 8.54. The number of ether oxygens (including phenoxy) is 1. The second-order valence-corrected chi connectivity index (χ2v) is 8.51. The molecule has 0 amide bonds. The highest BCUT2D eigenvalue weighted by Crippen LogP contribution is 2.29. The number of nitrogen functional groups attached to an aromatic ring is 1. The highest BCUT2D eigenvalue weighted by atomic mass is 79.9. The quantitative estimate of drug-likeness (QED) is 0.227. The van der Waals surface area contributed by atoms with Gasteiger partial charge in [-0.15, -0.1) is 0 Å². The second-order valence-electron chi connectivity index (χ2n) is 7.66. The average molecular weight is 455 g/mol. The number of carbonyl (C=O) groups is 1. The lowest BCUT2D eigenvalue weighted by atomic mass is 10.0. The van der Waals surface area contributed by atoms with Gasteiger partial charge in [0.25, 0.3) is 0 Å². The van der Waals surface area contributed by atoms with Gasteiger partial charge in [-0.2, -0.15) is 0 Å². The van der Waals surface area contributed by atoms with Crippen LogP contribution in [0, 0.1) is 0 Å². The minimum absolute atomic E-state index is 0.178. The summed E-state index contributed by atoms with van der Waals surface area (Å²) in [7, 11) is 0. The molecule has 3 N–H and O–H groups in total. The number of halogens is 1. The Balaban J connectivity index is 2.05. The number of rotatable bonds is 10. The molecule has 0 aromatic heterocycles. The molecule has 0 bridgehead atoms. The Morgan fingerprint density at radius 2 is 1.93 bits per heavy atom. The van der Waals surface area contributed by atoms with Gasteiger partial charge in [0.05, 0.1) is 17.9 Å². The van der Waals surface area contributed by atoms with Crippen molar-refractivity contribution in [2.75, 3.05) is 25.5 Å². The monoisotopic (exact) mass is 454 g/mol. The van der Waals surface area contributed by atoms with Gasteiger partial charge in [-0.3, -0.25) is 4.90 Å². The predicted molar refractivity (Wildman–Crippen MR) is 117 cm³/mol. The first-order valence-electron chi connectivity index (χ1n) is 10.7. The summed E-state index contributed by atoms with van der Waals surface area (Å²) < 4.78 is 6.14. The van der Waals surface area contributed by atoms with E-state index in [0.717, 1.165) is 42.4 Å². The van der Waals surface area contributed by atoms with Crippen molar-refractivity contribution in [3.8, 4) is 0 Å². The van der Waals surface area contributed by atoms with Crippen molar-refractivity contribution in [2.24, 2.45) is 0 Å². The van der Waals surface area contributed by atoms with Crippen LogP contribution in [0.1, 0.15) is 80.6 Å². The topological polar surface area (TPSA) is 75.8 Å². The Kier molecular flexibility index (Phi) is 10.3. The molecule has 1 aromatic carbocycles. The summed E-state index contributed by atoms with van der Waals surface area (Å²) in [6.07, 6.45) is 10.1. The summed E-state index contributed by atoms with van der Waals surface area (Å²) in [4.78, 5) is 14.9. The predicted octanol–water partition coefficient (Wildman–Crippen LogP) is 4.90. The molecule has 0 aliphatic heterocycles. The molecule has 0 radical (unpaired) electrons. The third-order valence-corrected chi connectivity index (χ3v) is 6.26. The van der Waals surface area contributed by atoms with E-state index in [4.69, 9.17) is 15.6 Å². The third-order valence-electron chi connectivity index (χ3n) is 5.61. The van der Waals surface area contributed by atoms with Crippen LogP contribution in [0.15, 0.2) is 16.6 Å². The van der Waals surface area contributed by atoms with E-state index in [1.165, 1.54) is 38.5 Å². The van der Waals surface area contributed by atoms with Gasteiger partial charge in [-0.25, -0.2) is 4.79 Å². The van der Waals surface area contributed by atoms with Crippen LogP contribution in [0.25, 0.3) is 0 Å². The number of anilines is 1. The van der Waals surface area contributed by atoms with E-state index in [2.05, 4.69) is 27.8 Å². The van der Waals surface area contributed by atoms with Crippen molar-refractivity contribution in [1.82, 2.24) is 4.90 Å². The van der Waals surface area contributed by atoms with E-state index in [-0.39, 0.29) is 12.6 Å². The number of carbonyl (C=O) groups excluding carboxylic acids is 1. The smallest absolute Gasteiger partial charge is 0.338 e. The number of esters is 1. The molecule has 28 heavy (non-hydrogen) atoms. The van der Waals surface area contributed by atoms with Crippen LogP contribution in [0.4, 0.5) is 5.69 Å². The molecule has 1 aromatic rings. The fraction of sp³-hybridized carbons (Fsp3) is 0.682. The van der Waals surface area contributed by atoms with Gasteiger partial charge < -0.3 is 15.6 Å². The maximum Gasteiger partial charge on any atom is 0.338 e. The SMILES string of the molecule is CCN(Cc1cc(C(=O)OCCCCCO)cc(Br)c1N)C1CCCCCC1. The summed E-state index contributed by atoms with van der Waals surface area (Å²) in [5, 5.41) is 8.81. The number of aliphatic hydroxyl groups is 1. The number of hydrogen-bond donors (Lipinski definition) is 2. The number of nitrogens with zero attached hydrogens (tertiary/aromatic N) is 1. The average Bonchev–Trinajstić information content (AvgIpc) is 2.98. The summed E-state index contributed by atoms with van der Waals surface area (Å²) in [6, 6.07) is 4.22. The van der Waals surface area contributed by atoms with Crippen LogP contribution >= 0.6 is 15.9 Å². The van der Waals surface area contributed by atoms with Crippen molar-refractivity contribution < 1.29 is 14.6 Å². The number of hydrogen-bond acceptors (Lipinski definition) is 5. The zero-order valence-corrected chi connectivity index (χ0v) is 18.7. The number of nitrogens with two attached hydrogens (primary N) is 1. The zero-order chi connectivity index (χ0) is 20.4. The van der Waals surface area contributed by atoms with Gasteiger partial charge >= 0.3 is 5.97 Å². The summed E-state index contributed by atoms with van der Waals surface area (Å²) in [5.74, 6) is -0.316. The van der Waals surface area contributed by atoms with Gasteiger partial charge in [0, 0.05) is 23.7 Å². The maximum atomic E-state index is 12.4. The van der Waals surface area contributed by atoms with E-state index in [9.17, 15) is 4.79 Å². The largest absolute Gasteiger partial charge is 0.462 e. The molecule has 6 heteroatoms. The van der Waals surface area contributed by atoms with Gasteiger partial charge in [-0.05, 0) is 72.3 Å². The van der Waals surface area contributed by atoms with Crippen LogP contribution in [-0.4, -0.2) is 41.8 Å². The van der Waals surface area contributed by atoms with Crippen LogP contribution in [-0.2, 0) is 11.3 Å². The lowest BCUT2D eigenvalue weighted by molar-refractivity contribution is 0.0496. The van der Waals surface area contributed by atoms with Gasteiger partial charge in [0.15, 0.2) is 0 Å². The molecule has 0 spiro atoms. The van der Waals surface area contributed by atoms with Crippen molar-refractivity contribution >= 4 is 27.6 Å². The van der Waals surface area contributed by atoms with E-state index in [0.29, 0.717) is 23.9 Å². The lowest BCUT2D eigenvalue weighted by Gasteiger charge is -2.30.